The van der Waals surface area contributed by atoms with E-state index in [1.807, 2.05) is 27.9 Å². The van der Waals surface area contributed by atoms with E-state index in [2.05, 4.69) is 15.3 Å². The third-order valence-corrected chi connectivity index (χ3v) is 5.79. The van der Waals surface area contributed by atoms with E-state index in [9.17, 15) is 4.79 Å². The van der Waals surface area contributed by atoms with Crippen LogP contribution < -0.4 is 0 Å². The number of hydrogen-bond acceptors (Lipinski definition) is 5. The maximum Gasteiger partial charge on any atom is 0.276 e. The van der Waals surface area contributed by atoms with Crippen LogP contribution in [0.4, 0.5) is 0 Å². The molecule has 2 aliphatic rings. The number of nitrogens with zero attached hydrogens (tertiary/aromatic N) is 5. The van der Waals surface area contributed by atoms with Gasteiger partial charge < -0.3 is 9.64 Å². The lowest BCUT2D eigenvalue weighted by Crippen LogP contribution is -2.37. The first-order valence-electron chi connectivity index (χ1n) is 10.5. The molecular formula is C21H29N5O2. The first-order chi connectivity index (χ1) is 13.8. The molecule has 2 aromatic heterocycles. The molecule has 0 unspecified atom stereocenters. The Kier molecular flexibility index (Phi) is 6.31. The molecule has 1 saturated heterocycles. The second-order valence-electron chi connectivity index (χ2n) is 8.01. The molecule has 1 atom stereocenters. The summed E-state index contributed by atoms with van der Waals surface area (Å²) in [5, 5.41) is 8.42. The van der Waals surface area contributed by atoms with Gasteiger partial charge in [-0.25, -0.2) is 0 Å². The molecule has 28 heavy (non-hydrogen) atoms. The highest BCUT2D eigenvalue weighted by molar-refractivity contribution is 5.91. The minimum absolute atomic E-state index is 0.0813. The Morgan fingerprint density at radius 3 is 2.71 bits per heavy atom. The van der Waals surface area contributed by atoms with Crippen molar-refractivity contribution in [3.8, 4) is 0 Å². The number of rotatable bonds is 7. The zero-order valence-corrected chi connectivity index (χ0v) is 16.4. The summed E-state index contributed by atoms with van der Waals surface area (Å²) in [6, 6.07) is 3.88. The van der Waals surface area contributed by atoms with Crippen molar-refractivity contribution < 1.29 is 9.53 Å². The molecule has 0 bridgehead atoms. The highest BCUT2D eigenvalue weighted by atomic mass is 16.5. The molecule has 7 nitrogen and oxygen atoms in total. The molecule has 2 fully saturated rings. The molecule has 1 saturated carbocycles. The fraction of sp³-hybridized carbons (Fsp3) is 0.619. The molecular weight excluding hydrogens is 354 g/mol. The van der Waals surface area contributed by atoms with Crippen LogP contribution in [0.1, 0.15) is 61.0 Å². The Morgan fingerprint density at radius 2 is 1.96 bits per heavy atom. The van der Waals surface area contributed by atoms with E-state index >= 15 is 0 Å². The van der Waals surface area contributed by atoms with E-state index in [0.29, 0.717) is 24.7 Å². The molecule has 0 radical (unpaired) electrons. The molecule has 1 amide bonds. The number of aromatic nitrogens is 4. The van der Waals surface area contributed by atoms with Crippen LogP contribution in [0.15, 0.2) is 30.7 Å². The molecule has 4 rings (SSSR count). The first-order valence-corrected chi connectivity index (χ1v) is 10.5. The van der Waals surface area contributed by atoms with Crippen molar-refractivity contribution in [3.05, 3.63) is 42.0 Å². The number of carbonyl (C=O) groups excluding carboxylic acids is 1. The highest BCUT2D eigenvalue weighted by Gasteiger charge is 2.26. The summed E-state index contributed by atoms with van der Waals surface area (Å²) in [6.07, 6.45) is 13.9. The van der Waals surface area contributed by atoms with Gasteiger partial charge in [0.05, 0.1) is 12.3 Å². The van der Waals surface area contributed by atoms with Crippen LogP contribution in [-0.2, 0) is 17.8 Å². The van der Waals surface area contributed by atoms with Gasteiger partial charge in [-0.1, -0.05) is 24.5 Å². The van der Waals surface area contributed by atoms with Gasteiger partial charge in [0.1, 0.15) is 0 Å². The number of carbonyl (C=O) groups is 1. The fourth-order valence-corrected chi connectivity index (χ4v) is 4.24. The van der Waals surface area contributed by atoms with Crippen LogP contribution in [0.2, 0.25) is 0 Å². The normalized spacial score (nSPS) is 20.4. The monoisotopic (exact) mass is 383 g/mol. The van der Waals surface area contributed by atoms with Gasteiger partial charge >= 0.3 is 0 Å². The van der Waals surface area contributed by atoms with Gasteiger partial charge in [-0.15, -0.1) is 5.10 Å². The number of pyridine rings is 1. The predicted octanol–water partition coefficient (Wildman–Crippen LogP) is 3.07. The van der Waals surface area contributed by atoms with Crippen molar-refractivity contribution in [3.63, 3.8) is 0 Å². The van der Waals surface area contributed by atoms with Crippen molar-refractivity contribution in [2.24, 2.45) is 5.92 Å². The Hall–Kier alpha value is -2.28. The average Bonchev–Trinajstić information content (AvgIpc) is 3.41. The molecule has 2 aromatic rings. The summed E-state index contributed by atoms with van der Waals surface area (Å²) in [6.45, 7) is 2.74. The summed E-state index contributed by atoms with van der Waals surface area (Å²) in [5.74, 6) is 0.570. The van der Waals surface area contributed by atoms with E-state index in [1.165, 1.54) is 32.1 Å². The van der Waals surface area contributed by atoms with Gasteiger partial charge in [-0.05, 0) is 49.3 Å². The third-order valence-electron chi connectivity index (χ3n) is 5.79. The van der Waals surface area contributed by atoms with Crippen molar-refractivity contribution in [2.75, 3.05) is 13.2 Å². The lowest BCUT2D eigenvalue weighted by Gasteiger charge is -2.24. The van der Waals surface area contributed by atoms with Gasteiger partial charge in [0.2, 0.25) is 0 Å². The van der Waals surface area contributed by atoms with Gasteiger partial charge in [0.25, 0.3) is 5.91 Å². The smallest absolute Gasteiger partial charge is 0.276 e. The maximum absolute atomic E-state index is 13.2. The number of ether oxygens (including phenoxy) is 1. The van der Waals surface area contributed by atoms with E-state index in [1.54, 1.807) is 12.4 Å². The minimum atomic E-state index is -0.0813. The molecule has 0 aromatic carbocycles. The van der Waals surface area contributed by atoms with E-state index < -0.39 is 0 Å². The highest BCUT2D eigenvalue weighted by Crippen LogP contribution is 2.25. The minimum Gasteiger partial charge on any atom is -0.376 e. The SMILES string of the molecule is O=C(c1cn(CC2CCCCC2)nn1)N(Cc1ccncc1)C[C@H]1CCCO1. The van der Waals surface area contributed by atoms with Crippen molar-refractivity contribution in [1.29, 1.82) is 0 Å². The molecule has 3 heterocycles. The Balaban J connectivity index is 1.44. The topological polar surface area (TPSA) is 73.1 Å². The van der Waals surface area contributed by atoms with Crippen molar-refractivity contribution in [2.45, 2.75) is 64.1 Å². The van der Waals surface area contributed by atoms with Crippen LogP contribution in [0.3, 0.4) is 0 Å². The largest absolute Gasteiger partial charge is 0.376 e. The van der Waals surface area contributed by atoms with Crippen LogP contribution in [0, 0.1) is 5.92 Å². The molecule has 150 valence electrons. The Labute approximate surface area is 166 Å². The summed E-state index contributed by atoms with van der Waals surface area (Å²) < 4.78 is 7.61. The molecule has 1 aliphatic carbocycles. The summed E-state index contributed by atoms with van der Waals surface area (Å²) in [4.78, 5) is 19.1. The van der Waals surface area contributed by atoms with Crippen molar-refractivity contribution >= 4 is 5.91 Å². The zero-order valence-electron chi connectivity index (χ0n) is 16.4. The van der Waals surface area contributed by atoms with Crippen LogP contribution in [0.25, 0.3) is 0 Å². The standard InChI is InChI=1S/C21H29N5O2/c27-21(20-16-26(24-23-20)14-17-5-2-1-3-6-17)25(15-19-7-4-12-28-19)13-18-8-10-22-11-9-18/h8-11,16-17,19H,1-7,12-15H2/t19-/m1/s1. The lowest BCUT2D eigenvalue weighted by molar-refractivity contribution is 0.0502. The second-order valence-corrected chi connectivity index (χ2v) is 8.01. The summed E-state index contributed by atoms with van der Waals surface area (Å²) in [7, 11) is 0. The summed E-state index contributed by atoms with van der Waals surface area (Å²) >= 11 is 0. The van der Waals surface area contributed by atoms with E-state index in [-0.39, 0.29) is 12.0 Å². The number of amides is 1. The quantitative estimate of drug-likeness (QED) is 0.735. The van der Waals surface area contributed by atoms with Gasteiger partial charge in [-0.2, -0.15) is 0 Å². The molecule has 1 aliphatic heterocycles. The predicted molar refractivity (Wildman–Crippen MR) is 105 cm³/mol. The van der Waals surface area contributed by atoms with Gasteiger partial charge in [0, 0.05) is 38.6 Å². The molecule has 0 spiro atoms. The number of hydrogen-bond donors (Lipinski definition) is 0. The van der Waals surface area contributed by atoms with Crippen LogP contribution >= 0.6 is 0 Å². The van der Waals surface area contributed by atoms with Crippen LogP contribution in [0.5, 0.6) is 0 Å². The van der Waals surface area contributed by atoms with E-state index in [0.717, 1.165) is 31.6 Å². The molecule has 0 N–H and O–H groups in total. The molecule has 7 heteroatoms. The Bertz CT molecular complexity index is 751. The fourth-order valence-electron chi connectivity index (χ4n) is 4.24. The average molecular weight is 383 g/mol. The van der Waals surface area contributed by atoms with Gasteiger partial charge in [-0.3, -0.25) is 14.5 Å². The van der Waals surface area contributed by atoms with E-state index in [4.69, 9.17) is 4.74 Å². The second kappa shape index (κ2) is 9.28. The lowest BCUT2D eigenvalue weighted by atomic mass is 9.89. The van der Waals surface area contributed by atoms with Crippen molar-refractivity contribution in [1.82, 2.24) is 24.9 Å². The third kappa shape index (κ3) is 4.95. The summed E-state index contributed by atoms with van der Waals surface area (Å²) in [5.41, 5.74) is 1.47. The maximum atomic E-state index is 13.2. The van der Waals surface area contributed by atoms with Crippen LogP contribution in [-0.4, -0.2) is 50.0 Å². The zero-order chi connectivity index (χ0) is 19.2. The van der Waals surface area contributed by atoms with Gasteiger partial charge in [0.15, 0.2) is 5.69 Å². The Morgan fingerprint density at radius 1 is 1.14 bits per heavy atom. The first kappa shape index (κ1) is 19.1.